The van der Waals surface area contributed by atoms with E-state index in [0.29, 0.717) is 33.0 Å². The lowest BCUT2D eigenvalue weighted by Crippen LogP contribution is -2.32. The number of hydrogen-bond acceptors (Lipinski definition) is 8. The second kappa shape index (κ2) is 45.2. The Bertz CT molecular complexity index is 894. The smallest absolute Gasteiger partial charge is 0.407 e. The number of unbranched alkanes of at least 4 members (excludes halogenated alkanes) is 20. The second-order valence-electron chi connectivity index (χ2n) is 17.7. The number of nitrogens with zero attached hydrogens (tertiary/aromatic N) is 1. The highest BCUT2D eigenvalue weighted by Gasteiger charge is 2.21. The fourth-order valence-electron chi connectivity index (χ4n) is 7.78. The molecule has 0 aliphatic heterocycles. The molecule has 0 rings (SSSR count). The molecular weight excluding hydrogens is 753 g/mol. The van der Waals surface area contributed by atoms with E-state index in [4.69, 9.17) is 18.9 Å². The number of likely N-dealkylation sites (N-methyl/N-ethyl adjacent to an activating group) is 1. The van der Waals surface area contributed by atoms with Crippen LogP contribution in [0.4, 0.5) is 4.79 Å². The zero-order valence-electron chi connectivity index (χ0n) is 40.6. The summed E-state index contributed by atoms with van der Waals surface area (Å²) < 4.78 is 23.3. The van der Waals surface area contributed by atoms with Gasteiger partial charge in [0.25, 0.3) is 0 Å². The topological polar surface area (TPSA) is 103 Å². The zero-order valence-corrected chi connectivity index (χ0v) is 40.6. The lowest BCUT2D eigenvalue weighted by molar-refractivity contribution is -0.150. The summed E-state index contributed by atoms with van der Waals surface area (Å²) in [5.74, 6) is 0.0339. The summed E-state index contributed by atoms with van der Waals surface area (Å²) in [6.07, 6.45) is 34.3. The molecule has 1 amide bonds. The van der Waals surface area contributed by atoms with E-state index in [9.17, 15) is 14.4 Å². The number of nitrogens with one attached hydrogen (secondary N) is 1. The summed E-state index contributed by atoms with van der Waals surface area (Å²) in [6, 6.07) is 0. The average Bonchev–Trinajstić information content (AvgIpc) is 3.24. The molecule has 9 nitrogen and oxygen atoms in total. The first-order chi connectivity index (χ1) is 29.3. The van der Waals surface area contributed by atoms with Crippen LogP contribution in [-0.2, 0) is 28.5 Å². The third kappa shape index (κ3) is 37.9. The first-order valence-electron chi connectivity index (χ1n) is 25.9. The number of carbonyl (C=O) groups excluding carboxylic acids is 3. The molecule has 0 aromatic heterocycles. The summed E-state index contributed by atoms with van der Waals surface area (Å²) in [5.41, 5.74) is 0. The minimum Gasteiger partial charge on any atom is -0.465 e. The lowest BCUT2D eigenvalue weighted by Gasteiger charge is -2.19. The largest absolute Gasteiger partial charge is 0.465 e. The van der Waals surface area contributed by atoms with Crippen LogP contribution >= 0.6 is 0 Å². The Morgan fingerprint density at radius 1 is 0.450 bits per heavy atom. The van der Waals surface area contributed by atoms with Crippen LogP contribution in [0.1, 0.15) is 240 Å². The fourth-order valence-corrected chi connectivity index (χ4v) is 7.78. The molecule has 0 saturated carbocycles. The number of amides is 1. The van der Waals surface area contributed by atoms with Crippen LogP contribution in [0.15, 0.2) is 0 Å². The van der Waals surface area contributed by atoms with E-state index in [-0.39, 0.29) is 29.9 Å². The van der Waals surface area contributed by atoms with Crippen LogP contribution in [0, 0.1) is 11.8 Å². The van der Waals surface area contributed by atoms with Gasteiger partial charge in [0.15, 0.2) is 0 Å². The van der Waals surface area contributed by atoms with Crippen molar-refractivity contribution in [3.63, 3.8) is 0 Å². The van der Waals surface area contributed by atoms with Crippen molar-refractivity contribution < 1.29 is 33.3 Å². The Kier molecular flexibility index (Phi) is 43.8. The summed E-state index contributed by atoms with van der Waals surface area (Å²) in [7, 11) is 2.06. The van der Waals surface area contributed by atoms with Crippen molar-refractivity contribution in [2.75, 3.05) is 53.1 Å². The van der Waals surface area contributed by atoms with Crippen LogP contribution in [0.3, 0.4) is 0 Å². The van der Waals surface area contributed by atoms with Gasteiger partial charge in [-0.3, -0.25) is 9.59 Å². The molecule has 0 radical (unpaired) electrons. The van der Waals surface area contributed by atoms with Gasteiger partial charge in [0.2, 0.25) is 0 Å². The Morgan fingerprint density at radius 3 is 1.23 bits per heavy atom. The quantitative estimate of drug-likeness (QED) is 0.0367. The van der Waals surface area contributed by atoms with Gasteiger partial charge in [0, 0.05) is 13.1 Å². The van der Waals surface area contributed by atoms with Crippen molar-refractivity contribution in [1.82, 2.24) is 10.2 Å². The predicted molar refractivity (Wildman–Crippen MR) is 252 cm³/mol. The standard InChI is InChI=1S/C51H100N2O7/c1-7-12-16-20-22-28-36-46(34-26-18-14-9-3)49(54)58-42-32-24-30-38-48(60-51(56)52-40-44-57-45-41-53(6)11-5)39-31-25-33-43-59-50(55)47(35-27-19-15-10-4)37-29-23-21-17-13-8-2/h46-48H,7-45H2,1-6H3,(H,52,56). The predicted octanol–water partition coefficient (Wildman–Crippen LogP) is 13.9. The van der Waals surface area contributed by atoms with E-state index in [0.717, 1.165) is 116 Å². The molecule has 0 bridgehead atoms. The summed E-state index contributed by atoms with van der Waals surface area (Å²) in [6.45, 7) is 15.3. The molecule has 0 aromatic rings. The van der Waals surface area contributed by atoms with Crippen molar-refractivity contribution in [3.05, 3.63) is 0 Å². The number of rotatable bonds is 46. The SMILES string of the molecule is CCCCCCCCC(CCCCCC)C(=O)OCCCCCC(CCCCCOC(=O)C(CCCCCC)CCCCCCCC)OC(=O)NCCOCCN(C)CC. The van der Waals surface area contributed by atoms with Gasteiger partial charge in [-0.15, -0.1) is 0 Å². The average molecular weight is 853 g/mol. The zero-order chi connectivity index (χ0) is 44.2. The molecule has 1 N–H and O–H groups in total. The van der Waals surface area contributed by atoms with Gasteiger partial charge in [0.05, 0.1) is 38.3 Å². The van der Waals surface area contributed by atoms with E-state index < -0.39 is 6.09 Å². The van der Waals surface area contributed by atoms with Gasteiger partial charge in [-0.05, 0) is 90.6 Å². The van der Waals surface area contributed by atoms with Crippen LogP contribution in [0.2, 0.25) is 0 Å². The van der Waals surface area contributed by atoms with E-state index in [1.54, 1.807) is 0 Å². The highest BCUT2D eigenvalue weighted by atomic mass is 16.6. The van der Waals surface area contributed by atoms with Crippen LogP contribution in [-0.4, -0.2) is 82.1 Å². The monoisotopic (exact) mass is 853 g/mol. The first kappa shape index (κ1) is 58.1. The van der Waals surface area contributed by atoms with Gasteiger partial charge in [-0.1, -0.05) is 163 Å². The molecule has 2 atom stereocenters. The molecule has 2 unspecified atom stereocenters. The summed E-state index contributed by atoms with van der Waals surface area (Å²) in [4.78, 5) is 41.2. The first-order valence-corrected chi connectivity index (χ1v) is 25.9. The molecule has 0 spiro atoms. The molecule has 0 aromatic carbocycles. The van der Waals surface area contributed by atoms with Gasteiger partial charge < -0.3 is 29.2 Å². The third-order valence-corrected chi connectivity index (χ3v) is 12.1. The summed E-state index contributed by atoms with van der Waals surface area (Å²) >= 11 is 0. The molecule has 60 heavy (non-hydrogen) atoms. The van der Waals surface area contributed by atoms with Gasteiger partial charge in [-0.2, -0.15) is 0 Å². The van der Waals surface area contributed by atoms with E-state index in [2.05, 4.69) is 51.9 Å². The number of esters is 2. The number of alkyl carbamates (subject to hydrolysis) is 1. The van der Waals surface area contributed by atoms with Gasteiger partial charge >= 0.3 is 18.0 Å². The maximum Gasteiger partial charge on any atom is 0.407 e. The van der Waals surface area contributed by atoms with Crippen molar-refractivity contribution in [2.24, 2.45) is 11.8 Å². The van der Waals surface area contributed by atoms with Crippen LogP contribution < -0.4 is 5.32 Å². The van der Waals surface area contributed by atoms with Crippen LogP contribution in [0.5, 0.6) is 0 Å². The molecule has 0 aliphatic carbocycles. The Hall–Kier alpha value is -1.87. The highest BCUT2D eigenvalue weighted by molar-refractivity contribution is 5.72. The van der Waals surface area contributed by atoms with Crippen molar-refractivity contribution in [1.29, 1.82) is 0 Å². The normalized spacial score (nSPS) is 13.0. The van der Waals surface area contributed by atoms with E-state index in [1.807, 2.05) is 0 Å². The van der Waals surface area contributed by atoms with Crippen molar-refractivity contribution in [3.8, 4) is 0 Å². The molecular formula is C51H100N2O7. The number of carbonyl (C=O) groups is 3. The maximum atomic E-state index is 13.1. The molecule has 9 heteroatoms. The Morgan fingerprint density at radius 2 is 0.817 bits per heavy atom. The summed E-state index contributed by atoms with van der Waals surface area (Å²) in [5, 5.41) is 2.86. The second-order valence-corrected chi connectivity index (χ2v) is 17.7. The highest BCUT2D eigenvalue weighted by Crippen LogP contribution is 2.23. The number of hydrogen-bond donors (Lipinski definition) is 1. The molecule has 0 saturated heterocycles. The van der Waals surface area contributed by atoms with Gasteiger partial charge in [-0.25, -0.2) is 4.79 Å². The van der Waals surface area contributed by atoms with Gasteiger partial charge in [0.1, 0.15) is 6.10 Å². The molecule has 0 aliphatic rings. The molecule has 0 fully saturated rings. The van der Waals surface area contributed by atoms with Crippen molar-refractivity contribution >= 4 is 18.0 Å². The minimum absolute atomic E-state index is 0.00900. The third-order valence-electron chi connectivity index (χ3n) is 12.1. The minimum atomic E-state index is -0.400. The Labute approximate surface area is 371 Å². The van der Waals surface area contributed by atoms with E-state index >= 15 is 0 Å². The Balaban J connectivity index is 4.89. The van der Waals surface area contributed by atoms with E-state index in [1.165, 1.54) is 103 Å². The molecule has 356 valence electrons. The number of ether oxygens (including phenoxy) is 4. The fraction of sp³-hybridized carbons (Fsp3) is 0.941. The molecule has 0 heterocycles. The lowest BCUT2D eigenvalue weighted by atomic mass is 9.94. The van der Waals surface area contributed by atoms with Crippen molar-refractivity contribution in [2.45, 2.75) is 246 Å². The maximum absolute atomic E-state index is 13.1. The van der Waals surface area contributed by atoms with Crippen LogP contribution in [0.25, 0.3) is 0 Å².